The average molecular weight is 421 g/mol. The summed E-state index contributed by atoms with van der Waals surface area (Å²) in [6, 6.07) is 0.421. The zero-order valence-electron chi connectivity index (χ0n) is 21.7. The van der Waals surface area contributed by atoms with Gasteiger partial charge < -0.3 is 16.0 Å². The van der Waals surface area contributed by atoms with Gasteiger partial charge in [-0.15, -0.1) is 0 Å². The van der Waals surface area contributed by atoms with Crippen molar-refractivity contribution < 1.29 is 0 Å². The minimum atomic E-state index is -0.263. The van der Waals surface area contributed by atoms with Gasteiger partial charge in [0.15, 0.2) is 0 Å². The van der Waals surface area contributed by atoms with E-state index in [2.05, 4.69) is 103 Å². The maximum atomic E-state index is 6.20. The van der Waals surface area contributed by atoms with Crippen molar-refractivity contribution in [1.29, 1.82) is 0 Å². The van der Waals surface area contributed by atoms with E-state index >= 15 is 0 Å². The van der Waals surface area contributed by atoms with Crippen LogP contribution in [0.3, 0.4) is 0 Å². The molecule has 30 heavy (non-hydrogen) atoms. The SMILES string of the molecule is CC(C)/C(N=CN(C)C1CC(C)(C)NC(C)(C)C1)=N/C(N)=NC(C)(C)CC(C)(C)C. The van der Waals surface area contributed by atoms with Crippen LogP contribution in [0, 0.1) is 11.3 Å². The summed E-state index contributed by atoms with van der Waals surface area (Å²) in [6.45, 7) is 24.1. The molecular weight excluding hydrogens is 372 g/mol. The summed E-state index contributed by atoms with van der Waals surface area (Å²) in [5.41, 5.74) is 6.31. The molecule has 0 atom stereocenters. The first-order valence-corrected chi connectivity index (χ1v) is 11.3. The normalized spacial score (nSPS) is 21.5. The molecule has 0 bridgehead atoms. The lowest BCUT2D eigenvalue weighted by atomic mass is 9.79. The number of rotatable bonds is 5. The first-order chi connectivity index (χ1) is 13.3. The number of nitrogens with one attached hydrogen (secondary N) is 1. The molecule has 3 N–H and O–H groups in total. The van der Waals surface area contributed by atoms with Gasteiger partial charge in [-0.05, 0) is 66.2 Å². The van der Waals surface area contributed by atoms with Crippen LogP contribution in [0.25, 0.3) is 0 Å². The van der Waals surface area contributed by atoms with E-state index in [1.807, 2.05) is 6.34 Å². The molecule has 174 valence electrons. The molecule has 0 aliphatic carbocycles. The summed E-state index contributed by atoms with van der Waals surface area (Å²) < 4.78 is 0. The molecule has 1 rings (SSSR count). The van der Waals surface area contributed by atoms with Gasteiger partial charge in [-0.25, -0.2) is 9.98 Å². The fraction of sp³-hybridized carbons (Fsp3) is 0.875. The molecule has 0 radical (unpaired) electrons. The Hall–Kier alpha value is -1.43. The van der Waals surface area contributed by atoms with E-state index in [0.717, 1.165) is 19.3 Å². The highest BCUT2D eigenvalue weighted by atomic mass is 15.2. The van der Waals surface area contributed by atoms with Crippen molar-refractivity contribution in [2.75, 3.05) is 7.05 Å². The Kier molecular flexibility index (Phi) is 8.31. The topological polar surface area (TPSA) is 78.4 Å². The second-order valence-corrected chi connectivity index (χ2v) is 12.5. The van der Waals surface area contributed by atoms with Crippen LogP contribution in [0.15, 0.2) is 15.0 Å². The molecule has 6 nitrogen and oxygen atoms in total. The predicted molar refractivity (Wildman–Crippen MR) is 133 cm³/mol. The summed E-state index contributed by atoms with van der Waals surface area (Å²) in [7, 11) is 2.10. The Morgan fingerprint density at radius 3 is 2.03 bits per heavy atom. The lowest BCUT2D eigenvalue weighted by Crippen LogP contribution is -2.61. The fourth-order valence-corrected chi connectivity index (χ4v) is 4.90. The zero-order chi connectivity index (χ0) is 23.5. The Labute approximate surface area is 185 Å². The predicted octanol–water partition coefficient (Wildman–Crippen LogP) is 4.84. The molecule has 0 amide bonds. The number of nitrogens with two attached hydrogens (primary N) is 1. The first-order valence-electron chi connectivity index (χ1n) is 11.3. The van der Waals surface area contributed by atoms with E-state index in [-0.39, 0.29) is 27.9 Å². The number of piperidine rings is 1. The maximum Gasteiger partial charge on any atom is 0.217 e. The fourth-order valence-electron chi connectivity index (χ4n) is 4.90. The second kappa shape index (κ2) is 9.37. The third-order valence-corrected chi connectivity index (χ3v) is 5.24. The van der Waals surface area contributed by atoms with Gasteiger partial charge in [0, 0.05) is 30.1 Å². The molecule has 1 aliphatic rings. The lowest BCUT2D eigenvalue weighted by molar-refractivity contribution is 0.115. The standard InChI is InChI=1S/C24H48N6/c1-17(2)19(27-20(25)28-24(10,11)15-21(3,4)5)26-16-30(12)18-13-22(6,7)29-23(8,9)14-18/h16-18,29H,13-15H2,1-12H3,(H2,25,28)/b26-16?,27-19-. The minimum Gasteiger partial charge on any atom is -0.368 e. The van der Waals surface area contributed by atoms with Crippen molar-refractivity contribution in [1.82, 2.24) is 10.2 Å². The quantitative estimate of drug-likeness (QED) is 0.493. The van der Waals surface area contributed by atoms with Crippen LogP contribution in [0.5, 0.6) is 0 Å². The first kappa shape index (κ1) is 26.6. The number of guanidine groups is 1. The van der Waals surface area contributed by atoms with Crippen LogP contribution < -0.4 is 11.1 Å². The summed E-state index contributed by atoms with van der Waals surface area (Å²) in [5.74, 6) is 1.18. The van der Waals surface area contributed by atoms with Gasteiger partial charge in [0.1, 0.15) is 5.84 Å². The van der Waals surface area contributed by atoms with E-state index in [4.69, 9.17) is 10.7 Å². The van der Waals surface area contributed by atoms with Crippen molar-refractivity contribution >= 4 is 18.1 Å². The monoisotopic (exact) mass is 420 g/mol. The Morgan fingerprint density at radius 2 is 1.60 bits per heavy atom. The molecule has 0 aromatic rings. The summed E-state index contributed by atoms with van der Waals surface area (Å²) in [5, 5.41) is 3.74. The van der Waals surface area contributed by atoms with E-state index in [9.17, 15) is 0 Å². The Morgan fingerprint density at radius 1 is 1.10 bits per heavy atom. The van der Waals surface area contributed by atoms with Crippen molar-refractivity contribution in [3.05, 3.63) is 0 Å². The maximum absolute atomic E-state index is 6.20. The molecule has 0 aromatic carbocycles. The molecule has 0 saturated carbocycles. The van der Waals surface area contributed by atoms with Gasteiger partial charge in [-0.3, -0.25) is 0 Å². The molecule has 1 fully saturated rings. The third-order valence-electron chi connectivity index (χ3n) is 5.24. The molecule has 6 heteroatoms. The molecule has 1 saturated heterocycles. The highest BCUT2D eigenvalue weighted by molar-refractivity contribution is 5.99. The number of amidine groups is 1. The minimum absolute atomic E-state index is 0.0964. The molecule has 0 aromatic heterocycles. The van der Waals surface area contributed by atoms with Crippen LogP contribution >= 0.6 is 0 Å². The summed E-state index contributed by atoms with van der Waals surface area (Å²) in [4.78, 5) is 16.2. The molecule has 1 aliphatic heterocycles. The Bertz CT molecular complexity index is 646. The van der Waals surface area contributed by atoms with Crippen LogP contribution in [0.4, 0.5) is 0 Å². The number of hydrogen-bond donors (Lipinski definition) is 2. The van der Waals surface area contributed by atoms with Gasteiger partial charge in [0.2, 0.25) is 5.96 Å². The third kappa shape index (κ3) is 9.59. The second-order valence-electron chi connectivity index (χ2n) is 12.5. The molecule has 1 heterocycles. The number of hydrogen-bond acceptors (Lipinski definition) is 2. The van der Waals surface area contributed by atoms with Crippen LogP contribution in [-0.4, -0.2) is 52.7 Å². The van der Waals surface area contributed by atoms with Crippen LogP contribution in [-0.2, 0) is 0 Å². The van der Waals surface area contributed by atoms with Crippen molar-refractivity contribution in [3.8, 4) is 0 Å². The molecule has 0 spiro atoms. The van der Waals surface area contributed by atoms with Gasteiger partial charge in [-0.2, -0.15) is 4.99 Å². The van der Waals surface area contributed by atoms with E-state index in [1.165, 1.54) is 0 Å². The smallest absolute Gasteiger partial charge is 0.217 e. The van der Waals surface area contributed by atoms with Gasteiger partial charge in [0.25, 0.3) is 0 Å². The van der Waals surface area contributed by atoms with Crippen LogP contribution in [0.2, 0.25) is 0 Å². The van der Waals surface area contributed by atoms with Crippen LogP contribution in [0.1, 0.15) is 95.4 Å². The summed E-state index contributed by atoms with van der Waals surface area (Å²) in [6.07, 6.45) is 4.98. The highest BCUT2D eigenvalue weighted by Gasteiger charge is 2.38. The van der Waals surface area contributed by atoms with Crippen molar-refractivity contribution in [3.63, 3.8) is 0 Å². The Balaban J connectivity index is 3.00. The average Bonchev–Trinajstić information content (AvgIpc) is 2.44. The highest BCUT2D eigenvalue weighted by Crippen LogP contribution is 2.31. The summed E-state index contributed by atoms with van der Waals surface area (Å²) >= 11 is 0. The van der Waals surface area contributed by atoms with E-state index in [1.54, 1.807) is 0 Å². The van der Waals surface area contributed by atoms with Gasteiger partial charge in [0.05, 0.1) is 11.9 Å². The van der Waals surface area contributed by atoms with Crippen molar-refractivity contribution in [2.45, 2.75) is 118 Å². The lowest BCUT2D eigenvalue weighted by Gasteiger charge is -2.48. The molecular formula is C24H48N6. The van der Waals surface area contributed by atoms with Gasteiger partial charge >= 0.3 is 0 Å². The van der Waals surface area contributed by atoms with Crippen molar-refractivity contribution in [2.24, 2.45) is 32.0 Å². The number of nitrogens with zero attached hydrogens (tertiary/aromatic N) is 4. The van der Waals surface area contributed by atoms with E-state index < -0.39 is 0 Å². The largest absolute Gasteiger partial charge is 0.368 e. The van der Waals surface area contributed by atoms with E-state index in [0.29, 0.717) is 17.8 Å². The van der Waals surface area contributed by atoms with Gasteiger partial charge in [-0.1, -0.05) is 34.6 Å². The number of aliphatic imine (C=N–C) groups is 3. The zero-order valence-corrected chi connectivity index (χ0v) is 21.7. The molecule has 0 unspecified atom stereocenters.